The number of benzene rings is 2. The van der Waals surface area contributed by atoms with Crippen LogP contribution in [0.4, 0.5) is 11.4 Å². The van der Waals surface area contributed by atoms with Gasteiger partial charge in [0.25, 0.3) is 0 Å². The van der Waals surface area contributed by atoms with Gasteiger partial charge in [-0.3, -0.25) is 4.79 Å². The molecule has 7 nitrogen and oxygen atoms in total. The van der Waals surface area contributed by atoms with E-state index in [1.807, 2.05) is 24.3 Å². The van der Waals surface area contributed by atoms with E-state index in [0.717, 1.165) is 14.1 Å². The van der Waals surface area contributed by atoms with Crippen LogP contribution in [-0.2, 0) is 4.79 Å². The fraction of sp³-hybridized carbons (Fsp3) is 0.0714. The maximum atomic E-state index is 11.1. The molecule has 9 heteroatoms. The van der Waals surface area contributed by atoms with Crippen LogP contribution in [0.25, 0.3) is 0 Å². The zero-order chi connectivity index (χ0) is 16.7. The molecule has 2 N–H and O–H groups in total. The Morgan fingerprint density at radius 3 is 1.61 bits per heavy atom. The predicted octanol–water partition coefficient (Wildman–Crippen LogP) is 4.70. The highest BCUT2D eigenvalue weighted by molar-refractivity contribution is 9.10. The lowest BCUT2D eigenvalue weighted by atomic mass is 10.3. The van der Waals surface area contributed by atoms with E-state index in [-0.39, 0.29) is 6.54 Å². The molecule has 0 unspecified atom stereocenters. The van der Waals surface area contributed by atoms with E-state index < -0.39 is 5.91 Å². The molecule has 0 atom stereocenters. The molecule has 0 fully saturated rings. The minimum Gasteiger partial charge on any atom is -0.368 e. The van der Waals surface area contributed by atoms with Crippen LogP contribution in [0.1, 0.15) is 0 Å². The molecule has 0 saturated heterocycles. The maximum Gasteiger partial charge on any atom is 0.241 e. The second-order valence-electron chi connectivity index (χ2n) is 4.33. The molecule has 23 heavy (non-hydrogen) atoms. The summed E-state index contributed by atoms with van der Waals surface area (Å²) in [6.45, 7) is -0.222. The van der Waals surface area contributed by atoms with Crippen molar-refractivity contribution in [1.82, 2.24) is 5.12 Å². The molecule has 0 aromatic heterocycles. The summed E-state index contributed by atoms with van der Waals surface area (Å²) in [5.41, 5.74) is 6.40. The number of halogens is 2. The molecular weight excluding hydrogens is 428 g/mol. The summed E-state index contributed by atoms with van der Waals surface area (Å²) in [5.74, 6) is -0.588. The summed E-state index contributed by atoms with van der Waals surface area (Å²) < 4.78 is 1.86. The summed E-state index contributed by atoms with van der Waals surface area (Å²) in [4.78, 5) is 11.1. The van der Waals surface area contributed by atoms with Gasteiger partial charge in [-0.1, -0.05) is 31.9 Å². The number of rotatable bonds is 6. The van der Waals surface area contributed by atoms with Gasteiger partial charge >= 0.3 is 0 Å². The largest absolute Gasteiger partial charge is 0.368 e. The van der Waals surface area contributed by atoms with Crippen LogP contribution in [0, 0.1) is 0 Å². The van der Waals surface area contributed by atoms with Crippen LogP contribution in [0.2, 0.25) is 0 Å². The summed E-state index contributed by atoms with van der Waals surface area (Å²) >= 11 is 6.67. The Hall–Kier alpha value is -2.13. The summed E-state index contributed by atoms with van der Waals surface area (Å²) in [6, 6.07) is 14.4. The molecule has 0 radical (unpaired) electrons. The Balaban J connectivity index is 2.11. The van der Waals surface area contributed by atoms with Gasteiger partial charge in [0.2, 0.25) is 5.91 Å². The number of nitrogens with zero attached hydrogens (tertiary/aromatic N) is 5. The van der Waals surface area contributed by atoms with E-state index in [1.54, 1.807) is 24.3 Å². The Kier molecular flexibility index (Phi) is 6.36. The summed E-state index contributed by atoms with van der Waals surface area (Å²) in [5, 5.41) is 16.7. The molecule has 2 rings (SSSR count). The van der Waals surface area contributed by atoms with Crippen LogP contribution in [0.3, 0.4) is 0 Å². The van der Waals surface area contributed by atoms with Crippen molar-refractivity contribution < 1.29 is 4.79 Å². The van der Waals surface area contributed by atoms with E-state index >= 15 is 0 Å². The minimum atomic E-state index is -0.588. The molecule has 0 saturated carbocycles. The molecule has 0 spiro atoms. The Bertz CT molecular complexity index is 660. The lowest BCUT2D eigenvalue weighted by Crippen LogP contribution is -2.25. The first-order chi connectivity index (χ1) is 11.0. The van der Waals surface area contributed by atoms with Crippen molar-refractivity contribution in [3.63, 3.8) is 0 Å². The number of hydrogen-bond donors (Lipinski definition) is 1. The molecule has 0 heterocycles. The molecule has 1 amide bonds. The third-order valence-corrected chi connectivity index (χ3v) is 3.53. The highest BCUT2D eigenvalue weighted by Gasteiger charge is 2.04. The van der Waals surface area contributed by atoms with Crippen molar-refractivity contribution in [2.75, 3.05) is 6.54 Å². The Labute approximate surface area is 149 Å². The van der Waals surface area contributed by atoms with Gasteiger partial charge in [0.1, 0.15) is 6.54 Å². The fourth-order valence-electron chi connectivity index (χ4n) is 1.44. The highest BCUT2D eigenvalue weighted by atomic mass is 79.9. The Morgan fingerprint density at radius 1 is 0.870 bits per heavy atom. The van der Waals surface area contributed by atoms with Gasteiger partial charge in [0.15, 0.2) is 0 Å². The molecule has 118 valence electrons. The average Bonchev–Trinajstić information content (AvgIpc) is 2.52. The average molecular weight is 440 g/mol. The fourth-order valence-corrected chi connectivity index (χ4v) is 1.97. The first kappa shape index (κ1) is 17.2. The third-order valence-electron chi connectivity index (χ3n) is 2.48. The zero-order valence-corrected chi connectivity index (χ0v) is 15.0. The molecule has 2 aromatic carbocycles. The smallest absolute Gasteiger partial charge is 0.241 e. The lowest BCUT2D eigenvalue weighted by molar-refractivity contribution is -0.119. The Morgan fingerprint density at radius 2 is 1.26 bits per heavy atom. The van der Waals surface area contributed by atoms with Gasteiger partial charge in [-0.25, -0.2) is 0 Å². The predicted molar refractivity (Wildman–Crippen MR) is 93.2 cm³/mol. The number of carbonyl (C=O) groups is 1. The van der Waals surface area contributed by atoms with E-state index in [1.165, 1.54) is 0 Å². The van der Waals surface area contributed by atoms with Crippen molar-refractivity contribution >= 4 is 49.1 Å². The van der Waals surface area contributed by atoms with Crippen molar-refractivity contribution in [2.45, 2.75) is 0 Å². The standard InChI is InChI=1S/C14H12Br2N6O/c15-10-1-5-12(6-2-10)18-20-22(9-14(17)23)21-19-13-7-3-11(16)4-8-13/h1-8H,9H2,(H2,17,23). The molecule has 0 bridgehead atoms. The number of amides is 1. The van der Waals surface area contributed by atoms with Crippen molar-refractivity contribution in [3.05, 3.63) is 57.5 Å². The monoisotopic (exact) mass is 438 g/mol. The van der Waals surface area contributed by atoms with Crippen LogP contribution in [-0.4, -0.2) is 17.6 Å². The van der Waals surface area contributed by atoms with Gasteiger partial charge in [0, 0.05) is 8.95 Å². The molecule has 2 aromatic rings. The van der Waals surface area contributed by atoms with Gasteiger partial charge in [-0.15, -0.1) is 15.3 Å². The SMILES string of the molecule is NC(=O)CN(N=Nc1ccc(Br)cc1)N=Nc1ccc(Br)cc1. The second kappa shape index (κ2) is 8.49. The molecular formula is C14H12Br2N6O. The first-order valence-electron chi connectivity index (χ1n) is 6.43. The van der Waals surface area contributed by atoms with Gasteiger partial charge in [-0.05, 0) is 59.0 Å². The van der Waals surface area contributed by atoms with Crippen molar-refractivity contribution in [1.29, 1.82) is 0 Å². The molecule has 0 aliphatic carbocycles. The number of carbonyl (C=O) groups excluding carboxylic acids is 1. The maximum absolute atomic E-state index is 11.1. The van der Waals surface area contributed by atoms with Crippen LogP contribution in [0.5, 0.6) is 0 Å². The second-order valence-corrected chi connectivity index (χ2v) is 6.16. The summed E-state index contributed by atoms with van der Waals surface area (Å²) in [7, 11) is 0. The van der Waals surface area contributed by atoms with Gasteiger partial charge in [0.05, 0.1) is 11.4 Å². The van der Waals surface area contributed by atoms with E-state index in [4.69, 9.17) is 5.73 Å². The van der Waals surface area contributed by atoms with E-state index in [2.05, 4.69) is 52.5 Å². The van der Waals surface area contributed by atoms with Crippen LogP contribution < -0.4 is 5.73 Å². The molecule has 0 aliphatic rings. The lowest BCUT2D eigenvalue weighted by Gasteiger charge is -2.06. The van der Waals surface area contributed by atoms with Crippen LogP contribution in [0.15, 0.2) is 78.2 Å². The minimum absolute atomic E-state index is 0.222. The van der Waals surface area contributed by atoms with Gasteiger partial charge < -0.3 is 5.73 Å². The quantitative estimate of drug-likeness (QED) is 0.521. The third kappa shape index (κ3) is 6.25. The van der Waals surface area contributed by atoms with E-state index in [0.29, 0.717) is 11.4 Å². The zero-order valence-electron chi connectivity index (χ0n) is 11.8. The normalized spacial score (nSPS) is 11.2. The van der Waals surface area contributed by atoms with E-state index in [9.17, 15) is 4.79 Å². The highest BCUT2D eigenvalue weighted by Crippen LogP contribution is 2.19. The number of primary amides is 1. The van der Waals surface area contributed by atoms with Crippen LogP contribution >= 0.6 is 31.9 Å². The van der Waals surface area contributed by atoms with Crippen molar-refractivity contribution in [2.24, 2.45) is 26.4 Å². The number of hydrogen-bond acceptors (Lipinski definition) is 5. The number of nitrogens with two attached hydrogens (primary N) is 1. The summed E-state index contributed by atoms with van der Waals surface area (Å²) in [6.07, 6.45) is 0. The van der Waals surface area contributed by atoms with Crippen molar-refractivity contribution in [3.8, 4) is 0 Å². The first-order valence-corrected chi connectivity index (χ1v) is 8.02. The van der Waals surface area contributed by atoms with Gasteiger partial charge in [-0.2, -0.15) is 0 Å². The molecule has 0 aliphatic heterocycles. The topological polar surface area (TPSA) is 95.8 Å².